The molecule has 0 radical (unpaired) electrons. The van der Waals surface area contributed by atoms with E-state index >= 15 is 0 Å². The maximum absolute atomic E-state index is 11.7. The van der Waals surface area contributed by atoms with Gasteiger partial charge in [0.1, 0.15) is 5.78 Å². The highest BCUT2D eigenvalue weighted by Crippen LogP contribution is 1.90. The van der Waals surface area contributed by atoms with Gasteiger partial charge in [0.25, 0.3) is 0 Å². The summed E-state index contributed by atoms with van der Waals surface area (Å²) in [6.45, 7) is 8.99. The average molecular weight is 475 g/mol. The Hall–Kier alpha value is -2.08. The minimum Gasteiger partial charge on any atom is -0.379 e. The van der Waals surface area contributed by atoms with Crippen LogP contribution >= 0.6 is 0 Å². The third-order valence-corrected chi connectivity index (χ3v) is 4.16. The van der Waals surface area contributed by atoms with Gasteiger partial charge < -0.3 is 35.5 Å². The Morgan fingerprint density at radius 2 is 1.12 bits per heavy atom. The van der Waals surface area contributed by atoms with Crippen LogP contribution in [0.4, 0.5) is 0 Å². The van der Waals surface area contributed by atoms with Gasteiger partial charge in [0, 0.05) is 32.6 Å². The number of Topliss-reactive ketones (excluding diaryl/α,β-unsaturated/α-hetero) is 1. The molecule has 0 heterocycles. The molecule has 11 heteroatoms. The second-order valence-electron chi connectivity index (χ2n) is 7.40. The van der Waals surface area contributed by atoms with Crippen LogP contribution < -0.4 is 21.3 Å². The van der Waals surface area contributed by atoms with E-state index in [0.717, 1.165) is 32.5 Å². The fourth-order valence-corrected chi connectivity index (χ4v) is 2.41. The number of hydrogen-bond acceptors (Lipinski definition) is 8. The zero-order valence-electron chi connectivity index (χ0n) is 20.2. The van der Waals surface area contributed by atoms with E-state index in [1.54, 1.807) is 0 Å². The first-order valence-electron chi connectivity index (χ1n) is 11.7. The van der Waals surface area contributed by atoms with E-state index < -0.39 is 11.8 Å². The second-order valence-corrected chi connectivity index (χ2v) is 7.40. The zero-order valence-corrected chi connectivity index (χ0v) is 20.2. The molecule has 0 aliphatic carbocycles. The van der Waals surface area contributed by atoms with E-state index in [2.05, 4.69) is 28.2 Å². The van der Waals surface area contributed by atoms with Crippen molar-refractivity contribution in [2.75, 3.05) is 72.4 Å². The smallest absolute Gasteiger partial charge is 0.239 e. The highest BCUT2D eigenvalue weighted by molar-refractivity contribution is 5.89. The summed E-state index contributed by atoms with van der Waals surface area (Å²) >= 11 is 0. The molecule has 0 rings (SSSR count). The zero-order chi connectivity index (χ0) is 24.6. The first-order valence-corrected chi connectivity index (χ1v) is 11.7. The molecule has 0 atom stereocenters. The van der Waals surface area contributed by atoms with Crippen molar-refractivity contribution in [3.63, 3.8) is 0 Å². The molecule has 4 N–H and O–H groups in total. The number of hydrogen-bond donors (Lipinski definition) is 4. The fraction of sp³-hybridized carbons (Fsp3) is 0.818. The largest absolute Gasteiger partial charge is 0.379 e. The van der Waals surface area contributed by atoms with Gasteiger partial charge in [-0.15, -0.1) is 0 Å². The van der Waals surface area contributed by atoms with Gasteiger partial charge in [0.2, 0.25) is 17.7 Å². The Morgan fingerprint density at radius 3 is 1.70 bits per heavy atom. The van der Waals surface area contributed by atoms with Gasteiger partial charge in [-0.2, -0.15) is 0 Å². The lowest BCUT2D eigenvalue weighted by molar-refractivity contribution is -0.128. The van der Waals surface area contributed by atoms with Crippen molar-refractivity contribution >= 4 is 23.5 Å². The van der Waals surface area contributed by atoms with Crippen molar-refractivity contribution in [2.24, 2.45) is 0 Å². The second kappa shape index (κ2) is 23.1. The van der Waals surface area contributed by atoms with Gasteiger partial charge in [-0.1, -0.05) is 6.92 Å². The number of carbonyl (C=O) groups excluding carboxylic acids is 4. The summed E-state index contributed by atoms with van der Waals surface area (Å²) in [5.74, 6) is -1.27. The monoisotopic (exact) mass is 474 g/mol. The molecule has 0 saturated heterocycles. The van der Waals surface area contributed by atoms with Crippen molar-refractivity contribution in [3.05, 3.63) is 0 Å². The molecule has 0 aromatic heterocycles. The van der Waals surface area contributed by atoms with E-state index in [-0.39, 0.29) is 37.6 Å². The molecule has 0 aromatic rings. The van der Waals surface area contributed by atoms with Crippen LogP contribution in [0.15, 0.2) is 0 Å². The summed E-state index contributed by atoms with van der Waals surface area (Å²) in [6, 6.07) is 0. The lowest BCUT2D eigenvalue weighted by Crippen LogP contribution is -2.39. The summed E-state index contributed by atoms with van der Waals surface area (Å²) in [5.41, 5.74) is 0. The molecule has 0 bridgehead atoms. The van der Waals surface area contributed by atoms with Gasteiger partial charge in [-0.25, -0.2) is 0 Å². The summed E-state index contributed by atoms with van der Waals surface area (Å²) in [4.78, 5) is 45.5. The van der Waals surface area contributed by atoms with Crippen molar-refractivity contribution in [2.45, 2.75) is 46.0 Å². The van der Waals surface area contributed by atoms with Crippen molar-refractivity contribution in [1.82, 2.24) is 21.3 Å². The fourth-order valence-electron chi connectivity index (χ4n) is 2.41. The molecule has 0 fully saturated rings. The maximum Gasteiger partial charge on any atom is 0.239 e. The summed E-state index contributed by atoms with van der Waals surface area (Å²) in [7, 11) is 0. The van der Waals surface area contributed by atoms with Crippen LogP contribution in [0.5, 0.6) is 0 Å². The number of amides is 3. The molecule has 3 amide bonds. The number of ether oxygens (including phenoxy) is 3. The van der Waals surface area contributed by atoms with Crippen LogP contribution in [0.25, 0.3) is 0 Å². The van der Waals surface area contributed by atoms with Crippen LogP contribution in [0.1, 0.15) is 46.0 Å². The standard InChI is InChI=1S/C22H42N4O7/c1-3-8-23-9-4-11-31-13-15-33-16-14-32-12-5-10-24-20(28)6-7-21(29)26-18-22(30)25-17-19(2)27/h23H,3-18H2,1-2H3,(H,24,28)(H,25,30)(H,26,29). The van der Waals surface area contributed by atoms with Crippen LogP contribution in [0, 0.1) is 0 Å². The van der Waals surface area contributed by atoms with Crippen LogP contribution in [0.2, 0.25) is 0 Å². The molecule has 0 saturated carbocycles. The van der Waals surface area contributed by atoms with E-state index in [0.29, 0.717) is 46.0 Å². The van der Waals surface area contributed by atoms with Crippen molar-refractivity contribution in [3.8, 4) is 0 Å². The Bertz CT molecular complexity index is 547. The predicted molar refractivity (Wildman–Crippen MR) is 124 cm³/mol. The Labute approximate surface area is 197 Å². The molecule has 0 unspecified atom stereocenters. The number of ketones is 1. The first kappa shape index (κ1) is 30.9. The normalized spacial score (nSPS) is 10.6. The summed E-state index contributed by atoms with van der Waals surface area (Å²) in [6.07, 6.45) is 2.81. The van der Waals surface area contributed by atoms with Crippen molar-refractivity contribution < 1.29 is 33.4 Å². The Kier molecular flexibility index (Phi) is 21.6. The summed E-state index contributed by atoms with van der Waals surface area (Å²) < 4.78 is 16.3. The number of nitrogens with one attached hydrogen (secondary N) is 4. The molecule has 192 valence electrons. The van der Waals surface area contributed by atoms with Crippen molar-refractivity contribution in [1.29, 1.82) is 0 Å². The van der Waals surface area contributed by atoms with Gasteiger partial charge in [0.05, 0.1) is 39.5 Å². The molecule has 0 spiro atoms. The molecular weight excluding hydrogens is 432 g/mol. The molecule has 11 nitrogen and oxygen atoms in total. The number of rotatable bonds is 23. The third kappa shape index (κ3) is 24.4. The van der Waals surface area contributed by atoms with Gasteiger partial charge in [0.15, 0.2) is 0 Å². The van der Waals surface area contributed by atoms with E-state index in [1.807, 2.05) is 0 Å². The first-order chi connectivity index (χ1) is 16.0. The van der Waals surface area contributed by atoms with Crippen LogP contribution in [-0.4, -0.2) is 95.9 Å². The SMILES string of the molecule is CCCNCCCOCCOCCOCCCNC(=O)CCC(=O)NCC(=O)NCC(C)=O. The lowest BCUT2D eigenvalue weighted by atomic mass is 10.2. The molecule has 33 heavy (non-hydrogen) atoms. The predicted octanol–water partition coefficient (Wildman–Crippen LogP) is -0.466. The van der Waals surface area contributed by atoms with E-state index in [9.17, 15) is 19.2 Å². The van der Waals surface area contributed by atoms with Gasteiger partial charge in [-0.05, 0) is 39.3 Å². The van der Waals surface area contributed by atoms with Crippen LogP contribution in [0.3, 0.4) is 0 Å². The molecular formula is C22H42N4O7. The third-order valence-electron chi connectivity index (χ3n) is 4.16. The minimum atomic E-state index is -0.451. The molecule has 0 aromatic carbocycles. The average Bonchev–Trinajstić information content (AvgIpc) is 2.79. The van der Waals surface area contributed by atoms with Gasteiger partial charge >= 0.3 is 0 Å². The quantitative estimate of drug-likeness (QED) is 0.146. The van der Waals surface area contributed by atoms with E-state index in [1.165, 1.54) is 6.92 Å². The van der Waals surface area contributed by atoms with E-state index in [4.69, 9.17) is 14.2 Å². The molecule has 0 aliphatic heterocycles. The Morgan fingerprint density at radius 1 is 0.606 bits per heavy atom. The van der Waals surface area contributed by atoms with Gasteiger partial charge in [-0.3, -0.25) is 19.2 Å². The summed E-state index contributed by atoms with van der Waals surface area (Å²) in [5, 5.41) is 10.8. The maximum atomic E-state index is 11.7. The topological polar surface area (TPSA) is 144 Å². The minimum absolute atomic E-state index is 0.0148. The molecule has 0 aliphatic rings. The Balaban J connectivity index is 3.36. The highest BCUT2D eigenvalue weighted by Gasteiger charge is 2.08. The highest BCUT2D eigenvalue weighted by atomic mass is 16.5. The lowest BCUT2D eigenvalue weighted by Gasteiger charge is -2.08. The van der Waals surface area contributed by atoms with Crippen LogP contribution in [-0.2, 0) is 33.4 Å². The number of carbonyl (C=O) groups is 4.